The predicted molar refractivity (Wildman–Crippen MR) is 67.5 cm³/mol. The third-order valence-electron chi connectivity index (χ3n) is 2.73. The standard InChI is InChI=1S/C13H19FN2O/c1-3-5-9(4-2)16-10-6-7-12(14)11(8-10)13(15)17/h6-9,16H,3-5H2,1-2H3,(H2,15,17). The van der Waals surface area contributed by atoms with Gasteiger partial charge in [0.2, 0.25) is 0 Å². The van der Waals surface area contributed by atoms with Crippen LogP contribution in [0.3, 0.4) is 0 Å². The van der Waals surface area contributed by atoms with Crippen LogP contribution in [0.2, 0.25) is 0 Å². The van der Waals surface area contributed by atoms with Crippen LogP contribution >= 0.6 is 0 Å². The van der Waals surface area contributed by atoms with Crippen LogP contribution < -0.4 is 11.1 Å². The Morgan fingerprint density at radius 2 is 2.18 bits per heavy atom. The van der Waals surface area contributed by atoms with Crippen LogP contribution in [-0.2, 0) is 0 Å². The molecule has 0 fully saturated rings. The molecular formula is C13H19FN2O. The first-order chi connectivity index (χ1) is 8.08. The minimum absolute atomic E-state index is 0.0682. The molecule has 0 aromatic heterocycles. The lowest BCUT2D eigenvalue weighted by molar-refractivity contribution is 0.0996. The molecule has 0 aliphatic carbocycles. The number of amides is 1. The Morgan fingerprint density at radius 3 is 2.71 bits per heavy atom. The van der Waals surface area contributed by atoms with E-state index in [1.54, 1.807) is 6.07 Å². The van der Waals surface area contributed by atoms with Crippen LogP contribution in [0.25, 0.3) is 0 Å². The third-order valence-corrected chi connectivity index (χ3v) is 2.73. The van der Waals surface area contributed by atoms with Crippen LogP contribution in [0.4, 0.5) is 10.1 Å². The van der Waals surface area contributed by atoms with Crippen molar-refractivity contribution < 1.29 is 9.18 Å². The second-order valence-corrected chi connectivity index (χ2v) is 4.10. The number of carbonyl (C=O) groups is 1. The normalized spacial score (nSPS) is 12.2. The van der Waals surface area contributed by atoms with E-state index in [0.717, 1.165) is 24.9 Å². The van der Waals surface area contributed by atoms with Crippen molar-refractivity contribution in [3.8, 4) is 0 Å². The first-order valence-corrected chi connectivity index (χ1v) is 5.94. The van der Waals surface area contributed by atoms with E-state index in [1.807, 2.05) is 0 Å². The fourth-order valence-electron chi connectivity index (χ4n) is 1.77. The largest absolute Gasteiger partial charge is 0.382 e. The van der Waals surface area contributed by atoms with Gasteiger partial charge in [-0.3, -0.25) is 4.79 Å². The quantitative estimate of drug-likeness (QED) is 0.800. The second-order valence-electron chi connectivity index (χ2n) is 4.10. The molecular weight excluding hydrogens is 219 g/mol. The lowest BCUT2D eigenvalue weighted by atomic mass is 10.1. The molecule has 3 nitrogen and oxygen atoms in total. The lowest BCUT2D eigenvalue weighted by Crippen LogP contribution is -2.19. The Hall–Kier alpha value is -1.58. The number of nitrogens with one attached hydrogen (secondary N) is 1. The zero-order valence-electron chi connectivity index (χ0n) is 10.3. The Balaban J connectivity index is 2.84. The average molecular weight is 238 g/mol. The Kier molecular flexibility index (Phi) is 4.94. The van der Waals surface area contributed by atoms with E-state index in [0.29, 0.717) is 6.04 Å². The number of benzene rings is 1. The van der Waals surface area contributed by atoms with E-state index in [1.165, 1.54) is 12.1 Å². The molecule has 1 atom stereocenters. The number of rotatable bonds is 6. The molecule has 1 aromatic carbocycles. The van der Waals surface area contributed by atoms with Crippen molar-refractivity contribution in [1.29, 1.82) is 0 Å². The lowest BCUT2D eigenvalue weighted by Gasteiger charge is -2.17. The highest BCUT2D eigenvalue weighted by molar-refractivity contribution is 5.94. The summed E-state index contributed by atoms with van der Waals surface area (Å²) in [7, 11) is 0. The highest BCUT2D eigenvalue weighted by atomic mass is 19.1. The molecule has 0 spiro atoms. The third kappa shape index (κ3) is 3.73. The van der Waals surface area contributed by atoms with Crippen LogP contribution in [0.15, 0.2) is 18.2 Å². The van der Waals surface area contributed by atoms with Gasteiger partial charge in [-0.15, -0.1) is 0 Å². The maximum atomic E-state index is 13.3. The molecule has 0 heterocycles. The van der Waals surface area contributed by atoms with Gasteiger partial charge in [0.1, 0.15) is 5.82 Å². The minimum atomic E-state index is -0.741. The number of carbonyl (C=O) groups excluding carboxylic acids is 1. The minimum Gasteiger partial charge on any atom is -0.382 e. The smallest absolute Gasteiger partial charge is 0.251 e. The van der Waals surface area contributed by atoms with Crippen molar-refractivity contribution in [2.75, 3.05) is 5.32 Å². The predicted octanol–water partition coefficient (Wildman–Crippen LogP) is 2.92. The summed E-state index contributed by atoms with van der Waals surface area (Å²) >= 11 is 0. The summed E-state index contributed by atoms with van der Waals surface area (Å²) in [6.45, 7) is 4.20. The second kappa shape index (κ2) is 6.23. The Bertz CT molecular complexity index is 393. The Morgan fingerprint density at radius 1 is 1.47 bits per heavy atom. The Labute approximate surface area is 101 Å². The molecule has 0 aliphatic heterocycles. The number of hydrogen-bond acceptors (Lipinski definition) is 2. The summed E-state index contributed by atoms with van der Waals surface area (Å²) in [5.41, 5.74) is 5.77. The number of hydrogen-bond donors (Lipinski definition) is 2. The van der Waals surface area contributed by atoms with Crippen molar-refractivity contribution in [3.63, 3.8) is 0 Å². The average Bonchev–Trinajstić information content (AvgIpc) is 2.30. The molecule has 3 N–H and O–H groups in total. The van der Waals surface area contributed by atoms with Crippen molar-refractivity contribution in [3.05, 3.63) is 29.6 Å². The van der Waals surface area contributed by atoms with Crippen LogP contribution in [0, 0.1) is 5.82 Å². The number of halogens is 1. The molecule has 0 saturated carbocycles. The molecule has 17 heavy (non-hydrogen) atoms. The molecule has 0 bridgehead atoms. The van der Waals surface area contributed by atoms with E-state index in [-0.39, 0.29) is 5.56 Å². The molecule has 1 aromatic rings. The number of anilines is 1. The van der Waals surface area contributed by atoms with E-state index in [4.69, 9.17) is 5.73 Å². The molecule has 0 aliphatic rings. The van der Waals surface area contributed by atoms with Crippen molar-refractivity contribution in [1.82, 2.24) is 0 Å². The zero-order valence-corrected chi connectivity index (χ0v) is 10.3. The van der Waals surface area contributed by atoms with Gasteiger partial charge in [-0.1, -0.05) is 20.3 Å². The molecule has 0 radical (unpaired) electrons. The van der Waals surface area contributed by atoms with Gasteiger partial charge < -0.3 is 11.1 Å². The van der Waals surface area contributed by atoms with Crippen LogP contribution in [0.5, 0.6) is 0 Å². The van der Waals surface area contributed by atoms with Crippen molar-refractivity contribution >= 4 is 11.6 Å². The van der Waals surface area contributed by atoms with Gasteiger partial charge in [0, 0.05) is 11.7 Å². The van der Waals surface area contributed by atoms with Gasteiger partial charge in [0.05, 0.1) is 5.56 Å². The van der Waals surface area contributed by atoms with Gasteiger partial charge in [-0.2, -0.15) is 0 Å². The van der Waals surface area contributed by atoms with Crippen LogP contribution in [-0.4, -0.2) is 11.9 Å². The summed E-state index contributed by atoms with van der Waals surface area (Å²) in [5.74, 6) is -1.32. The molecule has 1 unspecified atom stereocenters. The summed E-state index contributed by atoms with van der Waals surface area (Å²) in [5, 5.41) is 3.28. The fraction of sp³-hybridized carbons (Fsp3) is 0.462. The SMILES string of the molecule is CCCC(CC)Nc1ccc(F)c(C(N)=O)c1. The van der Waals surface area contributed by atoms with Gasteiger partial charge in [0.15, 0.2) is 0 Å². The summed E-state index contributed by atoms with van der Waals surface area (Å²) in [6.07, 6.45) is 3.10. The number of nitrogens with two attached hydrogens (primary N) is 1. The van der Waals surface area contributed by atoms with Gasteiger partial charge in [-0.05, 0) is 31.0 Å². The summed E-state index contributed by atoms with van der Waals surface area (Å²) < 4.78 is 13.3. The summed E-state index contributed by atoms with van der Waals surface area (Å²) in [4.78, 5) is 11.0. The topological polar surface area (TPSA) is 55.1 Å². The van der Waals surface area contributed by atoms with Gasteiger partial charge in [0.25, 0.3) is 5.91 Å². The highest BCUT2D eigenvalue weighted by Crippen LogP contribution is 2.17. The van der Waals surface area contributed by atoms with Crippen molar-refractivity contribution in [2.24, 2.45) is 5.73 Å². The van der Waals surface area contributed by atoms with E-state index < -0.39 is 11.7 Å². The molecule has 94 valence electrons. The van der Waals surface area contributed by atoms with E-state index >= 15 is 0 Å². The molecule has 4 heteroatoms. The van der Waals surface area contributed by atoms with Gasteiger partial charge >= 0.3 is 0 Å². The molecule has 1 amide bonds. The fourth-order valence-corrected chi connectivity index (χ4v) is 1.77. The van der Waals surface area contributed by atoms with Crippen molar-refractivity contribution in [2.45, 2.75) is 39.2 Å². The maximum Gasteiger partial charge on any atom is 0.251 e. The zero-order chi connectivity index (χ0) is 12.8. The van der Waals surface area contributed by atoms with E-state index in [9.17, 15) is 9.18 Å². The first kappa shape index (κ1) is 13.5. The van der Waals surface area contributed by atoms with E-state index in [2.05, 4.69) is 19.2 Å². The summed E-state index contributed by atoms with van der Waals surface area (Å²) in [6, 6.07) is 4.70. The highest BCUT2D eigenvalue weighted by Gasteiger charge is 2.10. The molecule has 1 rings (SSSR count). The monoisotopic (exact) mass is 238 g/mol. The van der Waals surface area contributed by atoms with Crippen LogP contribution in [0.1, 0.15) is 43.5 Å². The van der Waals surface area contributed by atoms with Gasteiger partial charge in [-0.25, -0.2) is 4.39 Å². The number of primary amides is 1. The first-order valence-electron chi connectivity index (χ1n) is 5.94. The molecule has 0 saturated heterocycles. The maximum absolute atomic E-state index is 13.3.